The van der Waals surface area contributed by atoms with Crippen molar-refractivity contribution < 1.29 is 33.4 Å². The number of rotatable bonds is 12. The van der Waals surface area contributed by atoms with Crippen LogP contribution in [0.5, 0.6) is 0 Å². The van der Waals surface area contributed by atoms with Crippen molar-refractivity contribution in [1.29, 1.82) is 0 Å². The summed E-state index contributed by atoms with van der Waals surface area (Å²) in [6, 6.07) is 0. The molecule has 1 aliphatic heterocycles. The lowest BCUT2D eigenvalue weighted by Gasteiger charge is -2.46. The van der Waals surface area contributed by atoms with Crippen molar-refractivity contribution in [2.75, 3.05) is 39.1 Å². The van der Waals surface area contributed by atoms with Gasteiger partial charge in [-0.2, -0.15) is 0 Å². The fraction of sp³-hybridized carbons (Fsp3) is 0.789. The van der Waals surface area contributed by atoms with Gasteiger partial charge in [-0.05, 0) is 13.0 Å². The Labute approximate surface area is 181 Å². The van der Waals surface area contributed by atoms with Crippen LogP contribution in [0.1, 0.15) is 40.0 Å². The number of thioether (sulfide) groups is 1. The van der Waals surface area contributed by atoms with Gasteiger partial charge in [0.15, 0.2) is 0 Å². The predicted molar refractivity (Wildman–Crippen MR) is 111 cm³/mol. The van der Waals surface area contributed by atoms with E-state index in [1.807, 2.05) is 13.8 Å². The molecule has 0 aromatic rings. The van der Waals surface area contributed by atoms with Gasteiger partial charge in [0.25, 0.3) is 11.1 Å². The molecule has 0 spiro atoms. The minimum Gasteiger partial charge on any atom is -0.355 e. The number of carbonyl (C=O) groups excluding carboxylic acids is 4. The summed E-state index contributed by atoms with van der Waals surface area (Å²) in [5.74, 6) is -2.15. The smallest absolute Gasteiger partial charge is 0.283 e. The summed E-state index contributed by atoms with van der Waals surface area (Å²) in [5, 5.41) is 4.82. The summed E-state index contributed by atoms with van der Waals surface area (Å²) >= 11 is 0.860. The van der Waals surface area contributed by atoms with Gasteiger partial charge < -0.3 is 30.6 Å². The lowest BCUT2D eigenvalue weighted by atomic mass is 9.85. The Morgan fingerprint density at radius 3 is 2.50 bits per heavy atom. The van der Waals surface area contributed by atoms with E-state index in [1.165, 1.54) is 14.0 Å². The monoisotopic (exact) mass is 447 g/mol. The van der Waals surface area contributed by atoms with Crippen molar-refractivity contribution in [3.63, 3.8) is 0 Å². The molecular weight excluding hydrogens is 414 g/mol. The number of amides is 2. The second-order valence-electron chi connectivity index (χ2n) is 7.64. The molecule has 0 aliphatic carbocycles. The Bertz CT molecular complexity index is 629. The number of ether oxygens (including phenoxy) is 3. The molecule has 0 aromatic heterocycles. The first kappa shape index (κ1) is 26.5. The first-order valence-electron chi connectivity index (χ1n) is 9.86. The van der Waals surface area contributed by atoms with Crippen molar-refractivity contribution in [3.8, 4) is 0 Å². The Hall–Kier alpha value is -1.53. The van der Waals surface area contributed by atoms with Crippen molar-refractivity contribution in [2.24, 2.45) is 11.1 Å². The number of Topliss-reactive ketones (excluding diaryl/α,β-unsaturated/α-hetero) is 1. The van der Waals surface area contributed by atoms with E-state index >= 15 is 0 Å². The van der Waals surface area contributed by atoms with Gasteiger partial charge in [0.1, 0.15) is 6.10 Å². The molecule has 0 saturated carbocycles. The van der Waals surface area contributed by atoms with Crippen molar-refractivity contribution in [3.05, 3.63) is 0 Å². The molecule has 10 nitrogen and oxygen atoms in total. The molecule has 0 radical (unpaired) electrons. The van der Waals surface area contributed by atoms with Crippen LogP contribution in [-0.2, 0) is 33.4 Å². The topological polar surface area (TPSA) is 146 Å². The summed E-state index contributed by atoms with van der Waals surface area (Å²) in [6.07, 6.45) is 0.260. The highest BCUT2D eigenvalue weighted by Crippen LogP contribution is 2.37. The van der Waals surface area contributed by atoms with Crippen LogP contribution in [0.15, 0.2) is 0 Å². The minimum atomic E-state index is -1.32. The highest BCUT2D eigenvalue weighted by Gasteiger charge is 2.50. The maximum absolute atomic E-state index is 12.7. The molecule has 11 heteroatoms. The molecule has 0 bridgehead atoms. The van der Waals surface area contributed by atoms with Crippen LogP contribution in [-0.4, -0.2) is 73.9 Å². The van der Waals surface area contributed by atoms with Crippen molar-refractivity contribution in [1.82, 2.24) is 10.6 Å². The van der Waals surface area contributed by atoms with Crippen LogP contribution in [0.4, 0.5) is 0 Å². The van der Waals surface area contributed by atoms with Crippen LogP contribution >= 0.6 is 11.8 Å². The highest BCUT2D eigenvalue weighted by molar-refractivity contribution is 8.15. The number of nitrogens with two attached hydrogens (primary N) is 1. The Morgan fingerprint density at radius 2 is 1.90 bits per heavy atom. The molecule has 2 atom stereocenters. The predicted octanol–water partition coefficient (Wildman–Crippen LogP) is -0.0616. The van der Waals surface area contributed by atoms with Crippen LogP contribution in [0.2, 0.25) is 0 Å². The summed E-state index contributed by atoms with van der Waals surface area (Å²) in [6.45, 7) is 6.00. The lowest BCUT2D eigenvalue weighted by Crippen LogP contribution is -2.59. The largest absolute Gasteiger partial charge is 0.355 e. The summed E-state index contributed by atoms with van der Waals surface area (Å²) in [4.78, 5) is 46.6. The number of nitrogens with one attached hydrogen (secondary N) is 2. The quantitative estimate of drug-likeness (QED) is 0.276. The third kappa shape index (κ3) is 8.31. The zero-order valence-electron chi connectivity index (χ0n) is 18.1. The van der Waals surface area contributed by atoms with Crippen molar-refractivity contribution >= 4 is 34.5 Å². The standard InChI is InChI=1S/C19H33N3O7S/c1-13(23)17(26)30-11-10-21-14(24)6-9-22-16(25)15-18(2,3)12-28-19(27-4,29-15)7-5-8-20/h15H,5-12,20H2,1-4H3,(H,21,24)(H,22,25)/t15-,19?/m0/s1. The van der Waals surface area contributed by atoms with E-state index in [2.05, 4.69) is 10.6 Å². The Kier molecular flexibility index (Phi) is 10.9. The molecule has 0 aromatic carbocycles. The van der Waals surface area contributed by atoms with E-state index in [-0.39, 0.29) is 37.9 Å². The molecule has 30 heavy (non-hydrogen) atoms. The first-order valence-corrected chi connectivity index (χ1v) is 10.8. The molecule has 1 saturated heterocycles. The molecule has 4 N–H and O–H groups in total. The van der Waals surface area contributed by atoms with Gasteiger partial charge in [0.2, 0.25) is 17.6 Å². The van der Waals surface area contributed by atoms with Crippen LogP contribution in [0.3, 0.4) is 0 Å². The van der Waals surface area contributed by atoms with Gasteiger partial charge in [-0.1, -0.05) is 25.6 Å². The van der Waals surface area contributed by atoms with Crippen molar-refractivity contribution in [2.45, 2.75) is 52.1 Å². The number of carbonyl (C=O) groups is 4. The maximum Gasteiger partial charge on any atom is 0.283 e. The zero-order valence-corrected chi connectivity index (χ0v) is 18.9. The van der Waals surface area contributed by atoms with E-state index in [9.17, 15) is 19.2 Å². The van der Waals surface area contributed by atoms with Gasteiger partial charge in [-0.25, -0.2) is 0 Å². The average molecular weight is 448 g/mol. The molecule has 1 aliphatic rings. The lowest BCUT2D eigenvalue weighted by molar-refractivity contribution is -0.425. The number of hydrogen-bond acceptors (Lipinski definition) is 9. The molecule has 172 valence electrons. The maximum atomic E-state index is 12.7. The summed E-state index contributed by atoms with van der Waals surface area (Å²) in [5.41, 5.74) is 4.97. The molecule has 2 amide bonds. The number of ketones is 1. The number of methoxy groups -OCH3 is 1. The molecule has 1 unspecified atom stereocenters. The fourth-order valence-corrected chi connectivity index (χ4v) is 3.32. The Balaban J connectivity index is 2.45. The van der Waals surface area contributed by atoms with E-state index in [0.29, 0.717) is 25.1 Å². The second-order valence-corrected chi connectivity index (χ2v) is 8.71. The van der Waals surface area contributed by atoms with Crippen LogP contribution < -0.4 is 16.4 Å². The highest BCUT2D eigenvalue weighted by atomic mass is 32.2. The van der Waals surface area contributed by atoms with E-state index in [0.717, 1.165) is 11.8 Å². The van der Waals surface area contributed by atoms with Gasteiger partial charge >= 0.3 is 0 Å². The Morgan fingerprint density at radius 1 is 1.20 bits per heavy atom. The molecule has 1 fully saturated rings. The third-order valence-electron chi connectivity index (χ3n) is 4.50. The van der Waals surface area contributed by atoms with E-state index < -0.39 is 28.4 Å². The third-order valence-corrected chi connectivity index (χ3v) is 5.46. The van der Waals surface area contributed by atoms with Gasteiger partial charge in [-0.15, -0.1) is 0 Å². The number of hydrogen-bond donors (Lipinski definition) is 3. The molecular formula is C19H33N3O7S. The normalized spacial score (nSPS) is 22.9. The summed E-state index contributed by atoms with van der Waals surface area (Å²) < 4.78 is 17.0. The average Bonchev–Trinajstić information content (AvgIpc) is 2.70. The molecule has 1 rings (SSSR count). The van der Waals surface area contributed by atoms with Crippen LogP contribution in [0.25, 0.3) is 0 Å². The van der Waals surface area contributed by atoms with E-state index in [1.54, 1.807) is 0 Å². The first-order chi connectivity index (χ1) is 14.1. The fourth-order valence-electron chi connectivity index (χ4n) is 2.73. The molecule has 1 heterocycles. The van der Waals surface area contributed by atoms with Crippen LogP contribution in [0, 0.1) is 5.41 Å². The second kappa shape index (κ2) is 12.4. The summed E-state index contributed by atoms with van der Waals surface area (Å²) in [7, 11) is 1.45. The van der Waals surface area contributed by atoms with E-state index in [4.69, 9.17) is 19.9 Å². The van der Waals surface area contributed by atoms with Gasteiger partial charge in [0.05, 0.1) is 6.61 Å². The van der Waals surface area contributed by atoms with Gasteiger partial charge in [0, 0.05) is 51.1 Å². The SMILES string of the molecule is COC1(CCCN)OCC(C)(C)[C@H](C(=O)NCCC(=O)NCCSC(=O)C(C)=O)O1. The van der Waals surface area contributed by atoms with Gasteiger partial charge in [-0.3, -0.25) is 19.2 Å². The zero-order chi connectivity index (χ0) is 22.8. The minimum absolute atomic E-state index is 0.0727.